The molecule has 0 saturated heterocycles. The fourth-order valence-corrected chi connectivity index (χ4v) is 1.46. The van der Waals surface area contributed by atoms with Crippen molar-refractivity contribution in [2.24, 2.45) is 0 Å². The van der Waals surface area contributed by atoms with E-state index in [-0.39, 0.29) is 6.54 Å². The van der Waals surface area contributed by atoms with Gasteiger partial charge in [0, 0.05) is 6.54 Å². The van der Waals surface area contributed by atoms with Gasteiger partial charge in [0.2, 0.25) is 0 Å². The zero-order valence-electron chi connectivity index (χ0n) is 9.79. The van der Waals surface area contributed by atoms with Gasteiger partial charge in [0.1, 0.15) is 6.04 Å². The zero-order valence-corrected chi connectivity index (χ0v) is 9.79. The number of carbonyl (C=O) groups is 1. The summed E-state index contributed by atoms with van der Waals surface area (Å²) in [6.45, 7) is 1.95. The molecule has 0 aliphatic heterocycles. The Morgan fingerprint density at radius 3 is 2.28 bits per heavy atom. The Kier molecular flexibility index (Phi) is 4.72. The number of carboxylic acid groups (broad SMARTS) is 1. The number of benzene rings is 1. The second kappa shape index (κ2) is 5.86. The summed E-state index contributed by atoms with van der Waals surface area (Å²) in [6, 6.07) is 3.96. The van der Waals surface area contributed by atoms with Gasteiger partial charge in [0.05, 0.1) is 5.56 Å². The Labute approximate surface area is 103 Å². The summed E-state index contributed by atoms with van der Waals surface area (Å²) >= 11 is 0. The molecule has 0 aliphatic carbocycles. The highest BCUT2D eigenvalue weighted by Crippen LogP contribution is 2.29. The first-order valence-corrected chi connectivity index (χ1v) is 5.47. The van der Waals surface area contributed by atoms with Gasteiger partial charge in [-0.3, -0.25) is 4.79 Å². The summed E-state index contributed by atoms with van der Waals surface area (Å²) in [5.41, 5.74) is -0.0979. The molecule has 1 aromatic carbocycles. The van der Waals surface area contributed by atoms with Crippen molar-refractivity contribution in [2.45, 2.75) is 32.1 Å². The quantitative estimate of drug-likeness (QED) is 0.856. The van der Waals surface area contributed by atoms with Crippen molar-refractivity contribution in [3.05, 3.63) is 35.4 Å². The third-order valence-electron chi connectivity index (χ3n) is 2.54. The van der Waals surface area contributed by atoms with Gasteiger partial charge < -0.3 is 10.4 Å². The summed E-state index contributed by atoms with van der Waals surface area (Å²) in [5.74, 6) is -0.968. The summed E-state index contributed by atoms with van der Waals surface area (Å²) in [6.07, 6.45) is -3.94. The largest absolute Gasteiger partial charge is 0.480 e. The highest BCUT2D eigenvalue weighted by atomic mass is 19.4. The number of alkyl halides is 3. The predicted octanol–water partition coefficient (Wildman–Crippen LogP) is 2.66. The fraction of sp³-hybridized carbons (Fsp3) is 0.417. The van der Waals surface area contributed by atoms with E-state index < -0.39 is 23.8 Å². The van der Waals surface area contributed by atoms with Gasteiger partial charge in [-0.05, 0) is 24.1 Å². The highest BCUT2D eigenvalue weighted by Gasteiger charge is 2.29. The third kappa shape index (κ3) is 4.03. The first-order valence-electron chi connectivity index (χ1n) is 5.47. The maximum Gasteiger partial charge on any atom is 0.416 e. The molecule has 0 aliphatic rings. The Hall–Kier alpha value is -1.56. The number of halogens is 3. The molecule has 1 aromatic rings. The molecule has 18 heavy (non-hydrogen) atoms. The Morgan fingerprint density at radius 2 is 1.89 bits per heavy atom. The SMILES string of the molecule is CCC(NCc1ccc(C(F)(F)F)cc1)C(=O)O. The second-order valence-electron chi connectivity index (χ2n) is 3.87. The van der Waals surface area contributed by atoms with Crippen LogP contribution in [0.15, 0.2) is 24.3 Å². The van der Waals surface area contributed by atoms with Crippen molar-refractivity contribution in [1.29, 1.82) is 0 Å². The first-order chi connectivity index (χ1) is 8.34. The van der Waals surface area contributed by atoms with Crippen LogP contribution in [0.2, 0.25) is 0 Å². The smallest absolute Gasteiger partial charge is 0.416 e. The van der Waals surface area contributed by atoms with Crippen molar-refractivity contribution < 1.29 is 23.1 Å². The van der Waals surface area contributed by atoms with Gasteiger partial charge >= 0.3 is 12.1 Å². The third-order valence-corrected chi connectivity index (χ3v) is 2.54. The van der Waals surface area contributed by atoms with Crippen LogP contribution in [0, 0.1) is 0 Å². The molecule has 100 valence electrons. The minimum Gasteiger partial charge on any atom is -0.480 e. The molecule has 0 saturated carbocycles. The molecule has 6 heteroatoms. The fourth-order valence-electron chi connectivity index (χ4n) is 1.46. The van der Waals surface area contributed by atoms with E-state index in [1.165, 1.54) is 12.1 Å². The maximum atomic E-state index is 12.3. The molecule has 0 amide bonds. The van der Waals surface area contributed by atoms with E-state index in [1.807, 2.05) is 0 Å². The summed E-state index contributed by atoms with van der Waals surface area (Å²) in [7, 11) is 0. The van der Waals surface area contributed by atoms with Crippen LogP contribution in [0.5, 0.6) is 0 Å². The molecule has 0 heterocycles. The lowest BCUT2D eigenvalue weighted by Crippen LogP contribution is -2.35. The first kappa shape index (κ1) is 14.5. The molecule has 1 rings (SSSR count). The normalized spacial score (nSPS) is 13.3. The van der Waals surface area contributed by atoms with Crippen LogP contribution >= 0.6 is 0 Å². The van der Waals surface area contributed by atoms with Crippen molar-refractivity contribution in [3.8, 4) is 0 Å². The molecule has 1 atom stereocenters. The minimum absolute atomic E-state index is 0.225. The average molecular weight is 261 g/mol. The van der Waals surface area contributed by atoms with Crippen molar-refractivity contribution in [2.75, 3.05) is 0 Å². The van der Waals surface area contributed by atoms with E-state index in [0.29, 0.717) is 12.0 Å². The van der Waals surface area contributed by atoms with E-state index in [9.17, 15) is 18.0 Å². The van der Waals surface area contributed by atoms with Crippen molar-refractivity contribution in [3.63, 3.8) is 0 Å². The standard InChI is InChI=1S/C12H14F3NO2/c1-2-10(11(17)18)16-7-8-3-5-9(6-4-8)12(13,14)15/h3-6,10,16H,2,7H2,1H3,(H,17,18). The van der Waals surface area contributed by atoms with E-state index >= 15 is 0 Å². The van der Waals surface area contributed by atoms with Gasteiger partial charge in [-0.2, -0.15) is 13.2 Å². The zero-order chi connectivity index (χ0) is 13.8. The molecule has 0 spiro atoms. The van der Waals surface area contributed by atoms with Crippen LogP contribution in [-0.2, 0) is 17.5 Å². The monoisotopic (exact) mass is 261 g/mol. The Bertz CT molecular complexity index is 401. The number of hydrogen-bond acceptors (Lipinski definition) is 2. The van der Waals surface area contributed by atoms with Crippen LogP contribution in [-0.4, -0.2) is 17.1 Å². The maximum absolute atomic E-state index is 12.3. The molecule has 0 fully saturated rings. The number of aliphatic carboxylic acids is 1. The molecular formula is C12H14F3NO2. The van der Waals surface area contributed by atoms with Crippen LogP contribution in [0.1, 0.15) is 24.5 Å². The van der Waals surface area contributed by atoms with Crippen LogP contribution in [0.4, 0.5) is 13.2 Å². The van der Waals surface area contributed by atoms with Crippen molar-refractivity contribution >= 4 is 5.97 Å². The minimum atomic E-state index is -4.35. The molecular weight excluding hydrogens is 247 g/mol. The van der Waals surface area contributed by atoms with Gasteiger partial charge in [0.15, 0.2) is 0 Å². The average Bonchev–Trinajstić information content (AvgIpc) is 2.29. The number of hydrogen-bond donors (Lipinski definition) is 2. The lowest BCUT2D eigenvalue weighted by atomic mass is 10.1. The number of nitrogens with one attached hydrogen (secondary N) is 1. The molecule has 2 N–H and O–H groups in total. The molecule has 0 radical (unpaired) electrons. The molecule has 3 nitrogen and oxygen atoms in total. The Balaban J connectivity index is 2.62. The van der Waals surface area contributed by atoms with E-state index in [2.05, 4.69) is 5.32 Å². The van der Waals surface area contributed by atoms with Crippen LogP contribution in [0.25, 0.3) is 0 Å². The van der Waals surface area contributed by atoms with E-state index in [0.717, 1.165) is 12.1 Å². The number of rotatable bonds is 5. The van der Waals surface area contributed by atoms with Crippen LogP contribution in [0.3, 0.4) is 0 Å². The molecule has 0 aromatic heterocycles. The highest BCUT2D eigenvalue weighted by molar-refractivity contribution is 5.73. The van der Waals surface area contributed by atoms with Gasteiger partial charge in [0.25, 0.3) is 0 Å². The Morgan fingerprint density at radius 1 is 1.33 bits per heavy atom. The molecule has 1 unspecified atom stereocenters. The lowest BCUT2D eigenvalue weighted by Gasteiger charge is -2.12. The van der Waals surface area contributed by atoms with Crippen LogP contribution < -0.4 is 5.32 Å². The second-order valence-corrected chi connectivity index (χ2v) is 3.87. The van der Waals surface area contributed by atoms with Gasteiger partial charge in [-0.15, -0.1) is 0 Å². The summed E-state index contributed by atoms with van der Waals surface area (Å²) in [4.78, 5) is 10.7. The number of carboxylic acids is 1. The predicted molar refractivity (Wildman–Crippen MR) is 60.0 cm³/mol. The van der Waals surface area contributed by atoms with E-state index in [1.54, 1.807) is 6.92 Å². The molecule has 0 bridgehead atoms. The van der Waals surface area contributed by atoms with E-state index in [4.69, 9.17) is 5.11 Å². The van der Waals surface area contributed by atoms with Crippen molar-refractivity contribution in [1.82, 2.24) is 5.32 Å². The topological polar surface area (TPSA) is 49.3 Å². The van der Waals surface area contributed by atoms with Gasteiger partial charge in [-0.25, -0.2) is 0 Å². The summed E-state index contributed by atoms with van der Waals surface area (Å²) < 4.78 is 36.9. The lowest BCUT2D eigenvalue weighted by molar-refractivity contribution is -0.139. The van der Waals surface area contributed by atoms with Gasteiger partial charge in [-0.1, -0.05) is 19.1 Å². The summed E-state index contributed by atoms with van der Waals surface area (Å²) in [5, 5.41) is 11.6.